The third-order valence-corrected chi connectivity index (χ3v) is 7.55. The van der Waals surface area contributed by atoms with Crippen LogP contribution in [0.3, 0.4) is 0 Å². The second-order valence-electron chi connectivity index (χ2n) is 9.20. The Morgan fingerprint density at radius 3 is 2.72 bits per heavy atom. The summed E-state index contributed by atoms with van der Waals surface area (Å²) in [6, 6.07) is 14.5. The van der Waals surface area contributed by atoms with E-state index in [1.807, 2.05) is 50.4 Å². The summed E-state index contributed by atoms with van der Waals surface area (Å²) in [4.78, 5) is 13.7. The molecule has 0 saturated heterocycles. The predicted molar refractivity (Wildman–Crippen MR) is 152 cm³/mol. The van der Waals surface area contributed by atoms with Crippen LogP contribution in [0.2, 0.25) is 0 Å². The van der Waals surface area contributed by atoms with Crippen LogP contribution in [0.15, 0.2) is 95.3 Å². The molecule has 0 aliphatic heterocycles. The maximum Gasteiger partial charge on any atom is 0.171 e. The Balaban J connectivity index is 0.00000481. The van der Waals surface area contributed by atoms with Gasteiger partial charge in [-0.05, 0) is 66.5 Å². The topological polar surface area (TPSA) is 38.3 Å². The number of thioether (sulfide) groups is 1. The molecule has 3 nitrogen and oxygen atoms in total. The number of carbonyl (C=O) groups is 1. The van der Waals surface area contributed by atoms with Gasteiger partial charge < -0.3 is 10.1 Å². The zero-order valence-electron chi connectivity index (χ0n) is 21.6. The molecule has 36 heavy (non-hydrogen) atoms. The second-order valence-corrected chi connectivity index (χ2v) is 10.1. The van der Waals surface area contributed by atoms with Crippen molar-refractivity contribution >= 4 is 17.5 Å². The van der Waals surface area contributed by atoms with Crippen LogP contribution in [0, 0.1) is 24.6 Å². The van der Waals surface area contributed by atoms with Crippen LogP contribution in [-0.2, 0) is 11.2 Å². The number of carbonyl (C=O) groups excluding carboxylic acids is 1. The van der Waals surface area contributed by atoms with E-state index < -0.39 is 0 Å². The molecule has 1 aliphatic rings. The van der Waals surface area contributed by atoms with Crippen molar-refractivity contribution in [1.29, 1.82) is 0 Å². The highest BCUT2D eigenvalue weighted by atomic mass is 32.2. The molecule has 5 heteroatoms. The monoisotopic (exact) mass is 507 g/mol. The minimum absolute atomic E-state index is 0. The lowest BCUT2D eigenvalue weighted by Crippen LogP contribution is -2.23. The van der Waals surface area contributed by atoms with Crippen molar-refractivity contribution in [3.8, 4) is 0 Å². The van der Waals surface area contributed by atoms with Gasteiger partial charge in [0.15, 0.2) is 5.78 Å². The van der Waals surface area contributed by atoms with Gasteiger partial charge in [0.2, 0.25) is 0 Å². The summed E-state index contributed by atoms with van der Waals surface area (Å²) in [6.45, 7) is 8.35. The number of halogens is 1. The van der Waals surface area contributed by atoms with E-state index in [-0.39, 0.29) is 24.9 Å². The third-order valence-electron chi connectivity index (χ3n) is 6.62. The van der Waals surface area contributed by atoms with Gasteiger partial charge >= 0.3 is 0 Å². The van der Waals surface area contributed by atoms with Crippen molar-refractivity contribution in [2.75, 3.05) is 19.9 Å². The van der Waals surface area contributed by atoms with Crippen molar-refractivity contribution in [2.24, 2.45) is 11.8 Å². The van der Waals surface area contributed by atoms with Gasteiger partial charge in [0.1, 0.15) is 5.82 Å². The molecule has 0 amide bonds. The SMILES string of the molecule is C=C(CCc1cccc(F)c1)/C(=C/SCC(C(=O)c1ccccc1C)C1=CC=C(OC)C(C)C1)NC.[HH]. The normalized spacial score (nSPS) is 16.6. The van der Waals surface area contributed by atoms with E-state index in [0.29, 0.717) is 12.2 Å². The number of ether oxygens (including phenoxy) is 1. The van der Waals surface area contributed by atoms with Gasteiger partial charge in [-0.2, -0.15) is 0 Å². The number of nitrogens with one attached hydrogen (secondary N) is 1. The number of rotatable bonds is 12. The van der Waals surface area contributed by atoms with Crippen LogP contribution in [0.4, 0.5) is 4.39 Å². The predicted octanol–water partition coefficient (Wildman–Crippen LogP) is 7.66. The van der Waals surface area contributed by atoms with E-state index in [0.717, 1.165) is 52.1 Å². The maximum absolute atomic E-state index is 13.7. The molecule has 1 N–H and O–H groups in total. The average molecular weight is 508 g/mol. The van der Waals surface area contributed by atoms with Gasteiger partial charge in [0.25, 0.3) is 0 Å². The number of hydrogen-bond donors (Lipinski definition) is 1. The number of hydrogen-bond acceptors (Lipinski definition) is 4. The van der Waals surface area contributed by atoms with Crippen molar-refractivity contribution in [3.63, 3.8) is 0 Å². The Morgan fingerprint density at radius 2 is 2.06 bits per heavy atom. The first-order chi connectivity index (χ1) is 17.3. The molecule has 2 aromatic carbocycles. The van der Waals surface area contributed by atoms with E-state index in [4.69, 9.17) is 4.74 Å². The summed E-state index contributed by atoms with van der Waals surface area (Å²) in [5.74, 6) is 1.50. The first kappa shape index (κ1) is 27.5. The fourth-order valence-electron chi connectivity index (χ4n) is 4.46. The first-order valence-electron chi connectivity index (χ1n) is 12.3. The van der Waals surface area contributed by atoms with E-state index >= 15 is 0 Å². The zero-order valence-corrected chi connectivity index (χ0v) is 22.5. The molecule has 3 rings (SSSR count). The van der Waals surface area contributed by atoms with Crippen LogP contribution in [0.1, 0.15) is 42.7 Å². The largest absolute Gasteiger partial charge is 0.501 e. The third kappa shape index (κ3) is 7.23. The summed E-state index contributed by atoms with van der Waals surface area (Å²) >= 11 is 1.62. The summed E-state index contributed by atoms with van der Waals surface area (Å²) in [7, 11) is 3.57. The van der Waals surface area contributed by atoms with Crippen LogP contribution < -0.4 is 5.32 Å². The molecule has 192 valence electrons. The highest BCUT2D eigenvalue weighted by molar-refractivity contribution is 8.02. The lowest BCUT2D eigenvalue weighted by Gasteiger charge is -2.26. The first-order valence-corrected chi connectivity index (χ1v) is 13.4. The Bertz CT molecular complexity index is 1190. The summed E-state index contributed by atoms with van der Waals surface area (Å²) in [5.41, 5.74) is 5.74. The summed E-state index contributed by atoms with van der Waals surface area (Å²) in [6.07, 6.45) is 6.28. The quantitative estimate of drug-likeness (QED) is 0.236. The second kappa shape index (κ2) is 13.3. The Morgan fingerprint density at radius 1 is 1.28 bits per heavy atom. The molecular weight excluding hydrogens is 469 g/mol. The molecule has 0 spiro atoms. The van der Waals surface area contributed by atoms with E-state index in [1.54, 1.807) is 31.0 Å². The maximum atomic E-state index is 13.7. The van der Waals surface area contributed by atoms with E-state index in [2.05, 4.69) is 30.3 Å². The molecule has 0 bridgehead atoms. The van der Waals surface area contributed by atoms with Gasteiger partial charge in [0, 0.05) is 31.4 Å². The van der Waals surface area contributed by atoms with Gasteiger partial charge in [-0.1, -0.05) is 61.5 Å². The molecule has 2 unspecified atom stereocenters. The highest BCUT2D eigenvalue weighted by Crippen LogP contribution is 2.34. The molecule has 2 atom stereocenters. The van der Waals surface area contributed by atoms with Crippen molar-refractivity contribution < 1.29 is 15.3 Å². The number of benzene rings is 2. The van der Waals surface area contributed by atoms with Crippen LogP contribution in [0.25, 0.3) is 0 Å². The molecular formula is C31H38FNO2S. The highest BCUT2D eigenvalue weighted by Gasteiger charge is 2.28. The molecule has 0 radical (unpaired) electrons. The van der Waals surface area contributed by atoms with Crippen LogP contribution >= 0.6 is 11.8 Å². The standard InChI is InChI=1S/C31H36FNO2S.H2/c1-21-9-6-7-12-27(21)31(34)28(25-15-16-30(35-5)23(3)17-25)19-36-20-29(33-4)22(2)13-14-24-10-8-11-26(32)18-24;/h6-12,15-16,18,20,23,28,33H,2,13-14,17,19H2,1,3-5H3;1H/b29-20-;. The Hall–Kier alpha value is -3.05. The van der Waals surface area contributed by atoms with Crippen molar-refractivity contribution in [3.05, 3.63) is 118 Å². The Labute approximate surface area is 220 Å². The molecule has 0 aromatic heterocycles. The number of ketones is 1. The average Bonchev–Trinajstić information content (AvgIpc) is 2.87. The van der Waals surface area contributed by atoms with Crippen molar-refractivity contribution in [1.82, 2.24) is 5.32 Å². The van der Waals surface area contributed by atoms with Gasteiger partial charge in [-0.3, -0.25) is 4.79 Å². The van der Waals surface area contributed by atoms with E-state index in [1.165, 1.54) is 6.07 Å². The van der Waals surface area contributed by atoms with Gasteiger partial charge in [-0.25, -0.2) is 4.39 Å². The molecule has 2 aromatic rings. The fourth-order valence-corrected chi connectivity index (χ4v) is 5.57. The number of allylic oxidation sites excluding steroid dienone is 5. The van der Waals surface area contributed by atoms with Gasteiger partial charge in [-0.15, -0.1) is 11.8 Å². The number of aryl methyl sites for hydroxylation is 2. The minimum Gasteiger partial charge on any atom is -0.501 e. The Kier molecular flexibility index (Phi) is 10.2. The van der Waals surface area contributed by atoms with Crippen LogP contribution in [-0.4, -0.2) is 25.7 Å². The fraction of sp³-hybridized carbons (Fsp3) is 0.323. The van der Waals surface area contributed by atoms with Crippen LogP contribution in [0.5, 0.6) is 0 Å². The lowest BCUT2D eigenvalue weighted by atomic mass is 9.82. The molecule has 0 saturated carbocycles. The zero-order chi connectivity index (χ0) is 26.1. The number of likely N-dealkylation sites (N-methyl/N-ethyl adjacent to an activating group) is 1. The van der Waals surface area contributed by atoms with Gasteiger partial charge in [0.05, 0.1) is 18.8 Å². The lowest BCUT2D eigenvalue weighted by molar-refractivity contribution is 0.0946. The molecule has 1 aliphatic carbocycles. The smallest absolute Gasteiger partial charge is 0.171 e. The number of Topliss-reactive ketones (excluding diaryl/α,β-unsaturated/α-hetero) is 1. The number of methoxy groups -OCH3 is 1. The summed E-state index contributed by atoms with van der Waals surface area (Å²) < 4.78 is 19.0. The molecule has 0 fully saturated rings. The molecule has 0 heterocycles. The summed E-state index contributed by atoms with van der Waals surface area (Å²) in [5, 5.41) is 5.29. The minimum atomic E-state index is -0.233. The van der Waals surface area contributed by atoms with Crippen molar-refractivity contribution in [2.45, 2.75) is 33.1 Å². The van der Waals surface area contributed by atoms with E-state index in [9.17, 15) is 9.18 Å².